The van der Waals surface area contributed by atoms with Crippen molar-refractivity contribution in [2.45, 2.75) is 39.5 Å². The molecule has 1 aromatic carbocycles. The maximum Gasteiger partial charge on any atom is 0.259 e. The van der Waals surface area contributed by atoms with E-state index < -0.39 is 0 Å². The Morgan fingerprint density at radius 1 is 1.26 bits per heavy atom. The fraction of sp³-hybridized carbons (Fsp3) is 0.429. The number of nitrogens with one attached hydrogen (secondary N) is 3. The molecule has 1 aliphatic carbocycles. The second-order valence-corrected chi connectivity index (χ2v) is 10.2. The number of aromatic amines is 1. The molecule has 3 N–H and O–H groups in total. The Morgan fingerprint density at radius 2 is 2.03 bits per heavy atom. The highest BCUT2D eigenvalue weighted by atomic mass is 16.2. The van der Waals surface area contributed by atoms with E-state index in [-0.39, 0.29) is 18.4 Å². The summed E-state index contributed by atoms with van der Waals surface area (Å²) in [6, 6.07) is 7.58. The average Bonchev–Trinajstić information content (AvgIpc) is 3.26. The van der Waals surface area contributed by atoms with E-state index in [0.29, 0.717) is 29.0 Å². The molecule has 0 atom stereocenters. The minimum absolute atomic E-state index is 0.00842. The number of rotatable bonds is 5. The molecule has 2 aromatic rings. The van der Waals surface area contributed by atoms with Crippen molar-refractivity contribution >= 4 is 29.2 Å². The van der Waals surface area contributed by atoms with E-state index in [1.54, 1.807) is 6.07 Å². The fourth-order valence-corrected chi connectivity index (χ4v) is 6.01. The van der Waals surface area contributed by atoms with Crippen LogP contribution in [-0.4, -0.2) is 43.0 Å². The van der Waals surface area contributed by atoms with Gasteiger partial charge in [0.1, 0.15) is 0 Å². The molecule has 1 saturated heterocycles. The zero-order valence-electron chi connectivity index (χ0n) is 20.0. The minimum atomic E-state index is -0.223. The highest BCUT2D eigenvalue weighted by Gasteiger charge is 2.46. The Kier molecular flexibility index (Phi) is 5.83. The van der Waals surface area contributed by atoms with Crippen LogP contribution < -0.4 is 15.5 Å². The van der Waals surface area contributed by atoms with Gasteiger partial charge >= 0.3 is 0 Å². The first kappa shape index (κ1) is 22.5. The lowest BCUT2D eigenvalue weighted by molar-refractivity contribution is -0.113. The first-order valence-electron chi connectivity index (χ1n) is 12.2. The van der Waals surface area contributed by atoms with Gasteiger partial charge in [-0.15, -0.1) is 6.42 Å². The first-order chi connectivity index (χ1) is 16.4. The van der Waals surface area contributed by atoms with Crippen LogP contribution in [-0.2, 0) is 4.79 Å². The predicted molar refractivity (Wildman–Crippen MR) is 135 cm³/mol. The molecule has 0 unspecified atom stereocenters. The van der Waals surface area contributed by atoms with Gasteiger partial charge in [-0.1, -0.05) is 12.0 Å². The minimum Gasteiger partial charge on any atom is -0.359 e. The fourth-order valence-electron chi connectivity index (χ4n) is 6.01. The number of nitrogens with zero attached hydrogens (tertiary/aromatic N) is 1. The van der Waals surface area contributed by atoms with Gasteiger partial charge in [0.25, 0.3) is 11.8 Å². The summed E-state index contributed by atoms with van der Waals surface area (Å²) >= 11 is 0. The summed E-state index contributed by atoms with van der Waals surface area (Å²) in [5, 5.41) is 6.18. The molecule has 3 aliphatic rings. The molecule has 1 spiro atoms. The van der Waals surface area contributed by atoms with Gasteiger partial charge in [-0.3, -0.25) is 9.59 Å². The number of hydrogen-bond acceptors (Lipinski definition) is 3. The number of hydrogen-bond donors (Lipinski definition) is 3. The number of benzene rings is 1. The number of anilines is 1. The summed E-state index contributed by atoms with van der Waals surface area (Å²) in [5.74, 6) is 2.71. The van der Waals surface area contributed by atoms with Crippen LogP contribution in [0.1, 0.15) is 58.6 Å². The normalized spacial score (nSPS) is 20.3. The average molecular weight is 457 g/mol. The van der Waals surface area contributed by atoms with Crippen LogP contribution in [0.15, 0.2) is 24.3 Å². The summed E-state index contributed by atoms with van der Waals surface area (Å²) in [7, 11) is 0. The lowest BCUT2D eigenvalue weighted by atomic mass is 9.57. The Bertz CT molecular complexity index is 1200. The van der Waals surface area contributed by atoms with E-state index in [4.69, 9.17) is 6.42 Å². The lowest BCUT2D eigenvalue weighted by Gasteiger charge is -2.51. The number of piperidine rings is 1. The molecule has 2 amide bonds. The van der Waals surface area contributed by atoms with E-state index in [1.165, 1.54) is 25.7 Å². The van der Waals surface area contributed by atoms with Crippen LogP contribution in [0, 0.1) is 37.5 Å². The van der Waals surface area contributed by atoms with Gasteiger partial charge in [0, 0.05) is 29.1 Å². The molecule has 0 bridgehead atoms. The maximum atomic E-state index is 13.7. The van der Waals surface area contributed by atoms with Crippen LogP contribution in [0.25, 0.3) is 11.6 Å². The summed E-state index contributed by atoms with van der Waals surface area (Å²) in [5.41, 5.74) is 6.45. The van der Waals surface area contributed by atoms with E-state index in [2.05, 4.69) is 27.6 Å². The van der Waals surface area contributed by atoms with Crippen molar-refractivity contribution < 1.29 is 9.59 Å². The van der Waals surface area contributed by atoms with Gasteiger partial charge in [0.05, 0.1) is 17.8 Å². The first-order valence-corrected chi connectivity index (χ1v) is 12.2. The van der Waals surface area contributed by atoms with Crippen molar-refractivity contribution in [3.05, 3.63) is 52.3 Å². The van der Waals surface area contributed by atoms with Crippen molar-refractivity contribution in [1.82, 2.24) is 15.6 Å². The molecule has 2 fully saturated rings. The standard InChI is InChI=1S/C28H32N4O2/c1-4-9-30-26(33)21-5-6-22-23(14-24-18(2)12-19(3)31-24)27(34)32(25(22)13-21)17-20-15-28(16-20)7-10-29-11-8-28/h1,5-6,12-14,20,29,31H,7-11,15-17H2,2-3H3,(H,30,33)/b23-14-. The van der Waals surface area contributed by atoms with Crippen molar-refractivity contribution in [3.63, 3.8) is 0 Å². The number of H-pyrrole nitrogens is 1. The van der Waals surface area contributed by atoms with Crippen LogP contribution in [0.2, 0.25) is 0 Å². The second-order valence-electron chi connectivity index (χ2n) is 10.2. The molecule has 1 saturated carbocycles. The van der Waals surface area contributed by atoms with Gasteiger partial charge in [0.15, 0.2) is 0 Å². The Balaban J connectivity index is 1.45. The highest BCUT2D eigenvalue weighted by Crippen LogP contribution is 2.52. The zero-order chi connectivity index (χ0) is 23.9. The molecule has 176 valence electrons. The van der Waals surface area contributed by atoms with Gasteiger partial charge in [0.2, 0.25) is 0 Å². The van der Waals surface area contributed by atoms with Gasteiger partial charge in [-0.2, -0.15) is 0 Å². The van der Waals surface area contributed by atoms with E-state index in [1.807, 2.05) is 37.0 Å². The number of fused-ring (bicyclic) bond motifs is 1. The molecular formula is C28H32N4O2. The Labute approximate surface area is 201 Å². The molecule has 6 heteroatoms. The molecule has 1 aromatic heterocycles. The SMILES string of the molecule is C#CCNC(=O)c1ccc2c(c1)N(CC1CC3(CCNCC3)C1)C(=O)/C2=C\c1[nH]c(C)cc1C. The number of terminal acetylenes is 1. The third-order valence-corrected chi connectivity index (χ3v) is 7.69. The van der Waals surface area contributed by atoms with Crippen LogP contribution in [0.3, 0.4) is 0 Å². The topological polar surface area (TPSA) is 77.2 Å². The van der Waals surface area contributed by atoms with Crippen LogP contribution in [0.4, 0.5) is 5.69 Å². The molecule has 0 radical (unpaired) electrons. The van der Waals surface area contributed by atoms with Crippen molar-refractivity contribution in [3.8, 4) is 12.3 Å². The van der Waals surface area contributed by atoms with Crippen LogP contribution in [0.5, 0.6) is 0 Å². The monoisotopic (exact) mass is 456 g/mol. The molecule has 34 heavy (non-hydrogen) atoms. The molecule has 6 nitrogen and oxygen atoms in total. The smallest absolute Gasteiger partial charge is 0.259 e. The number of aryl methyl sites for hydroxylation is 2. The quantitative estimate of drug-likeness (QED) is 0.475. The third-order valence-electron chi connectivity index (χ3n) is 7.69. The third kappa shape index (κ3) is 4.05. The Hall–Kier alpha value is -3.30. The number of carbonyl (C=O) groups excluding carboxylic acids is 2. The lowest BCUT2D eigenvalue weighted by Crippen LogP contribution is -2.49. The summed E-state index contributed by atoms with van der Waals surface area (Å²) in [4.78, 5) is 31.5. The van der Waals surface area contributed by atoms with Gasteiger partial charge in [-0.25, -0.2) is 0 Å². The van der Waals surface area contributed by atoms with Crippen molar-refractivity contribution in [1.29, 1.82) is 0 Å². The molecule has 2 aliphatic heterocycles. The van der Waals surface area contributed by atoms with Gasteiger partial charge in [-0.05, 0) is 93.8 Å². The number of carbonyl (C=O) groups is 2. The van der Waals surface area contributed by atoms with E-state index in [0.717, 1.165) is 41.3 Å². The van der Waals surface area contributed by atoms with Crippen LogP contribution >= 0.6 is 0 Å². The maximum absolute atomic E-state index is 13.7. The summed E-state index contributed by atoms with van der Waals surface area (Å²) in [6.45, 7) is 7.11. The predicted octanol–water partition coefficient (Wildman–Crippen LogP) is 3.66. The van der Waals surface area contributed by atoms with E-state index in [9.17, 15) is 9.59 Å². The van der Waals surface area contributed by atoms with E-state index >= 15 is 0 Å². The number of aromatic nitrogens is 1. The second kappa shape index (κ2) is 8.81. The van der Waals surface area contributed by atoms with Gasteiger partial charge < -0.3 is 20.5 Å². The summed E-state index contributed by atoms with van der Waals surface area (Å²) in [6.07, 6.45) is 12.0. The zero-order valence-corrected chi connectivity index (χ0v) is 20.0. The number of amides is 2. The largest absolute Gasteiger partial charge is 0.359 e. The molecule has 3 heterocycles. The highest BCUT2D eigenvalue weighted by molar-refractivity contribution is 6.36. The molecular weight excluding hydrogens is 424 g/mol. The van der Waals surface area contributed by atoms with Crippen molar-refractivity contribution in [2.75, 3.05) is 31.1 Å². The van der Waals surface area contributed by atoms with Crippen molar-refractivity contribution in [2.24, 2.45) is 11.3 Å². The summed E-state index contributed by atoms with van der Waals surface area (Å²) < 4.78 is 0. The Morgan fingerprint density at radius 3 is 2.71 bits per heavy atom. The molecule has 5 rings (SSSR count).